The second-order valence-corrected chi connectivity index (χ2v) is 6.32. The molecule has 0 unspecified atom stereocenters. The van der Waals surface area contributed by atoms with Crippen molar-refractivity contribution in [2.24, 2.45) is 10.4 Å². The summed E-state index contributed by atoms with van der Waals surface area (Å²) in [7, 11) is 0. The fourth-order valence-electron chi connectivity index (χ4n) is 1.48. The Balaban J connectivity index is 2.39. The molecular weight excluding hydrogens is 308 g/mol. The van der Waals surface area contributed by atoms with E-state index in [4.69, 9.17) is 9.47 Å². The predicted octanol–water partition coefficient (Wildman–Crippen LogP) is 1.60. The Morgan fingerprint density at radius 2 is 1.87 bits per heavy atom. The molecule has 0 saturated carbocycles. The van der Waals surface area contributed by atoms with Crippen LogP contribution in [0.3, 0.4) is 0 Å². The number of hydrogen-bond donors (Lipinski definition) is 1. The number of amides is 1. The second-order valence-electron chi connectivity index (χ2n) is 6.32. The van der Waals surface area contributed by atoms with Gasteiger partial charge in [0.05, 0.1) is 0 Å². The van der Waals surface area contributed by atoms with Crippen molar-refractivity contribution < 1.29 is 33.3 Å². The number of nitrogens with zero attached hydrogens (tertiary/aromatic N) is 1. The SMILES string of the molecule is C/C(=N\C(=O)OC(C)(C)C)NCOC(=O)C1(C)COC(=O)OC1. The molecule has 1 aliphatic rings. The summed E-state index contributed by atoms with van der Waals surface area (Å²) in [5.41, 5.74) is -1.70. The fraction of sp³-hybridized carbons (Fsp3) is 0.714. The van der Waals surface area contributed by atoms with Gasteiger partial charge in [0.2, 0.25) is 0 Å². The van der Waals surface area contributed by atoms with Crippen LogP contribution in [-0.2, 0) is 23.7 Å². The molecule has 1 saturated heterocycles. The fourth-order valence-corrected chi connectivity index (χ4v) is 1.48. The summed E-state index contributed by atoms with van der Waals surface area (Å²) in [6.45, 7) is 7.85. The van der Waals surface area contributed by atoms with Gasteiger partial charge in [0.1, 0.15) is 30.1 Å². The highest BCUT2D eigenvalue weighted by Gasteiger charge is 2.41. The normalized spacial score (nSPS) is 17.6. The number of hydrogen-bond acceptors (Lipinski definition) is 7. The van der Waals surface area contributed by atoms with Crippen molar-refractivity contribution in [1.29, 1.82) is 0 Å². The number of rotatable bonds is 3. The molecule has 9 nitrogen and oxygen atoms in total. The molecule has 1 fully saturated rings. The topological polar surface area (TPSA) is 113 Å². The summed E-state index contributed by atoms with van der Waals surface area (Å²) < 4.78 is 19.4. The third-order valence-electron chi connectivity index (χ3n) is 2.69. The van der Waals surface area contributed by atoms with E-state index >= 15 is 0 Å². The number of nitrogens with one attached hydrogen (secondary N) is 1. The van der Waals surface area contributed by atoms with E-state index in [0.717, 1.165) is 0 Å². The molecule has 1 amide bonds. The number of amidine groups is 1. The highest BCUT2D eigenvalue weighted by Crippen LogP contribution is 2.23. The molecule has 0 bridgehead atoms. The van der Waals surface area contributed by atoms with Crippen molar-refractivity contribution in [1.82, 2.24) is 5.32 Å². The van der Waals surface area contributed by atoms with Gasteiger partial charge in [0.25, 0.3) is 0 Å². The standard InChI is InChI=1S/C14H22N2O7/c1-9(16-11(18)23-13(2,3)4)15-8-22-10(17)14(5)6-20-12(19)21-7-14/h6-8H2,1-5H3,(H,15,16,18). The van der Waals surface area contributed by atoms with Gasteiger partial charge in [-0.3, -0.25) is 4.79 Å². The van der Waals surface area contributed by atoms with Gasteiger partial charge in [-0.1, -0.05) is 0 Å². The van der Waals surface area contributed by atoms with E-state index in [-0.39, 0.29) is 25.8 Å². The second kappa shape index (κ2) is 7.30. The zero-order chi connectivity index (χ0) is 17.7. The van der Waals surface area contributed by atoms with Gasteiger partial charge >= 0.3 is 18.2 Å². The molecule has 0 aromatic carbocycles. The third kappa shape index (κ3) is 6.54. The van der Waals surface area contributed by atoms with Crippen LogP contribution in [0.5, 0.6) is 0 Å². The van der Waals surface area contributed by atoms with Gasteiger partial charge in [0.15, 0.2) is 6.73 Å². The average Bonchev–Trinajstić information content (AvgIpc) is 2.39. The molecule has 1 aliphatic heterocycles. The molecular formula is C14H22N2O7. The van der Waals surface area contributed by atoms with Crippen LogP contribution in [0.4, 0.5) is 9.59 Å². The van der Waals surface area contributed by atoms with Crippen molar-refractivity contribution >= 4 is 24.1 Å². The first-order chi connectivity index (χ1) is 10.5. The maximum absolute atomic E-state index is 12.0. The quantitative estimate of drug-likeness (QED) is 0.273. The smallest absolute Gasteiger partial charge is 0.444 e. The average molecular weight is 330 g/mol. The Labute approximate surface area is 134 Å². The summed E-state index contributed by atoms with van der Waals surface area (Å²) >= 11 is 0. The Kier molecular flexibility index (Phi) is 5.94. The zero-order valence-electron chi connectivity index (χ0n) is 13.9. The van der Waals surface area contributed by atoms with E-state index in [2.05, 4.69) is 19.8 Å². The summed E-state index contributed by atoms with van der Waals surface area (Å²) in [5.74, 6) is -0.355. The van der Waals surface area contributed by atoms with E-state index < -0.39 is 29.2 Å². The summed E-state index contributed by atoms with van der Waals surface area (Å²) in [6, 6.07) is 0. The summed E-state index contributed by atoms with van der Waals surface area (Å²) in [5, 5.41) is 2.65. The van der Waals surface area contributed by atoms with E-state index in [1.807, 2.05) is 0 Å². The third-order valence-corrected chi connectivity index (χ3v) is 2.69. The largest absolute Gasteiger partial charge is 0.508 e. The molecule has 1 rings (SSSR count). The highest BCUT2D eigenvalue weighted by atomic mass is 16.7. The molecule has 9 heteroatoms. The number of esters is 1. The minimum absolute atomic E-state index is 0.115. The maximum Gasteiger partial charge on any atom is 0.508 e. The predicted molar refractivity (Wildman–Crippen MR) is 78.8 cm³/mol. The first kappa shape index (κ1) is 18.7. The molecule has 0 spiro atoms. The van der Waals surface area contributed by atoms with Crippen molar-refractivity contribution in [2.45, 2.75) is 40.2 Å². The maximum atomic E-state index is 12.0. The van der Waals surface area contributed by atoms with Gasteiger partial charge in [-0.05, 0) is 34.6 Å². The number of aliphatic imine (C=N–C) groups is 1. The zero-order valence-corrected chi connectivity index (χ0v) is 13.9. The van der Waals surface area contributed by atoms with Gasteiger partial charge < -0.3 is 24.3 Å². The van der Waals surface area contributed by atoms with Crippen LogP contribution < -0.4 is 5.32 Å². The van der Waals surface area contributed by atoms with Crippen molar-refractivity contribution in [3.63, 3.8) is 0 Å². The van der Waals surface area contributed by atoms with E-state index in [1.165, 1.54) is 6.92 Å². The summed E-state index contributed by atoms with van der Waals surface area (Å²) in [6.07, 6.45) is -1.55. The van der Waals surface area contributed by atoms with Crippen LogP contribution in [0.2, 0.25) is 0 Å². The lowest BCUT2D eigenvalue weighted by molar-refractivity contribution is -0.166. The lowest BCUT2D eigenvalue weighted by Gasteiger charge is -2.29. The van der Waals surface area contributed by atoms with E-state index in [0.29, 0.717) is 0 Å². The van der Waals surface area contributed by atoms with Crippen LogP contribution in [0.15, 0.2) is 4.99 Å². The van der Waals surface area contributed by atoms with Crippen LogP contribution >= 0.6 is 0 Å². The van der Waals surface area contributed by atoms with E-state index in [9.17, 15) is 14.4 Å². The Morgan fingerprint density at radius 3 is 2.39 bits per heavy atom. The monoisotopic (exact) mass is 330 g/mol. The minimum atomic E-state index is -1.06. The van der Waals surface area contributed by atoms with Crippen molar-refractivity contribution in [2.75, 3.05) is 19.9 Å². The number of cyclic esters (lactones) is 2. The summed E-state index contributed by atoms with van der Waals surface area (Å²) in [4.78, 5) is 37.9. The van der Waals surface area contributed by atoms with Gasteiger partial charge in [0, 0.05) is 0 Å². The molecule has 130 valence electrons. The lowest BCUT2D eigenvalue weighted by Crippen LogP contribution is -2.45. The first-order valence-corrected chi connectivity index (χ1v) is 7.01. The van der Waals surface area contributed by atoms with Crippen LogP contribution in [0, 0.1) is 5.41 Å². The Morgan fingerprint density at radius 1 is 1.30 bits per heavy atom. The minimum Gasteiger partial charge on any atom is -0.444 e. The van der Waals surface area contributed by atoms with Crippen molar-refractivity contribution in [3.05, 3.63) is 0 Å². The molecule has 0 aromatic heterocycles. The molecule has 0 atom stereocenters. The van der Waals surface area contributed by atoms with Crippen LogP contribution in [-0.4, -0.2) is 49.6 Å². The molecule has 0 aromatic rings. The van der Waals surface area contributed by atoms with E-state index in [1.54, 1.807) is 27.7 Å². The first-order valence-electron chi connectivity index (χ1n) is 7.01. The number of carbonyl (C=O) groups is 3. The van der Waals surface area contributed by atoms with Gasteiger partial charge in [-0.2, -0.15) is 4.99 Å². The number of ether oxygens (including phenoxy) is 4. The van der Waals surface area contributed by atoms with Crippen molar-refractivity contribution in [3.8, 4) is 0 Å². The Bertz CT molecular complexity index is 498. The van der Waals surface area contributed by atoms with Crippen LogP contribution in [0.1, 0.15) is 34.6 Å². The number of carbonyl (C=O) groups excluding carboxylic acids is 3. The lowest BCUT2D eigenvalue weighted by atomic mass is 9.93. The highest BCUT2D eigenvalue weighted by molar-refractivity contribution is 5.90. The molecule has 0 aliphatic carbocycles. The molecule has 23 heavy (non-hydrogen) atoms. The molecule has 0 radical (unpaired) electrons. The Hall–Kier alpha value is -2.32. The molecule has 1 N–H and O–H groups in total. The van der Waals surface area contributed by atoms with Crippen LogP contribution in [0.25, 0.3) is 0 Å². The van der Waals surface area contributed by atoms with Gasteiger partial charge in [-0.25, -0.2) is 9.59 Å². The van der Waals surface area contributed by atoms with Gasteiger partial charge in [-0.15, -0.1) is 0 Å². The molecule has 1 heterocycles.